The van der Waals surface area contributed by atoms with Gasteiger partial charge in [0.2, 0.25) is 5.91 Å². The summed E-state index contributed by atoms with van der Waals surface area (Å²) in [6, 6.07) is 15.6. The van der Waals surface area contributed by atoms with Crippen LogP contribution in [0.1, 0.15) is 11.1 Å². The molecule has 0 atom stereocenters. The van der Waals surface area contributed by atoms with Gasteiger partial charge < -0.3 is 14.8 Å². The number of imide groups is 1. The van der Waals surface area contributed by atoms with Gasteiger partial charge in [-0.1, -0.05) is 41.4 Å². The molecule has 3 aromatic carbocycles. The van der Waals surface area contributed by atoms with Gasteiger partial charge in [0.05, 0.1) is 22.2 Å². The summed E-state index contributed by atoms with van der Waals surface area (Å²) in [7, 11) is 1.49. The summed E-state index contributed by atoms with van der Waals surface area (Å²) in [6.45, 7) is -0.235. The molecular formula is C26H18Br2Cl2N2O5S. The third-order valence-electron chi connectivity index (χ3n) is 5.26. The van der Waals surface area contributed by atoms with E-state index >= 15 is 0 Å². The van der Waals surface area contributed by atoms with Crippen molar-refractivity contribution < 1.29 is 23.9 Å². The van der Waals surface area contributed by atoms with E-state index in [1.807, 2.05) is 6.07 Å². The van der Waals surface area contributed by atoms with Crippen molar-refractivity contribution in [2.45, 2.75) is 6.61 Å². The topological polar surface area (TPSA) is 84.9 Å². The number of carbonyl (C=O) groups excluding carboxylic acids is 3. The van der Waals surface area contributed by atoms with Gasteiger partial charge in [0.15, 0.2) is 11.5 Å². The van der Waals surface area contributed by atoms with Crippen molar-refractivity contribution in [3.05, 3.63) is 89.6 Å². The molecule has 0 aromatic heterocycles. The molecule has 0 unspecified atom stereocenters. The molecule has 0 saturated carbocycles. The Hall–Kier alpha value is -2.50. The number of nitrogens with one attached hydrogen (secondary N) is 1. The molecule has 7 nitrogen and oxygen atoms in total. The van der Waals surface area contributed by atoms with Crippen LogP contribution >= 0.6 is 66.8 Å². The van der Waals surface area contributed by atoms with Gasteiger partial charge in [0.25, 0.3) is 11.1 Å². The zero-order valence-corrected chi connectivity index (χ0v) is 25.1. The fourth-order valence-electron chi connectivity index (χ4n) is 3.44. The first-order chi connectivity index (χ1) is 18.2. The highest BCUT2D eigenvalue weighted by Crippen LogP contribution is 2.40. The number of ether oxygens (including phenoxy) is 2. The first kappa shape index (κ1) is 28.5. The van der Waals surface area contributed by atoms with E-state index in [4.69, 9.17) is 32.7 Å². The van der Waals surface area contributed by atoms with Gasteiger partial charge in [0, 0.05) is 20.1 Å². The van der Waals surface area contributed by atoms with Crippen LogP contribution in [0.15, 0.2) is 68.4 Å². The molecule has 12 heteroatoms. The number of rotatable bonds is 8. The highest BCUT2D eigenvalue weighted by atomic mass is 79.9. The average Bonchev–Trinajstić information content (AvgIpc) is 3.12. The van der Waals surface area contributed by atoms with Gasteiger partial charge in [-0.25, -0.2) is 0 Å². The predicted molar refractivity (Wildman–Crippen MR) is 157 cm³/mol. The van der Waals surface area contributed by atoms with Crippen molar-refractivity contribution in [1.29, 1.82) is 0 Å². The fourth-order valence-corrected chi connectivity index (χ4v) is 5.69. The molecule has 0 radical (unpaired) electrons. The molecule has 0 bridgehead atoms. The Kier molecular flexibility index (Phi) is 9.43. The number of halogens is 4. The van der Waals surface area contributed by atoms with Crippen LogP contribution in [0, 0.1) is 0 Å². The molecule has 196 valence electrons. The number of amides is 3. The van der Waals surface area contributed by atoms with Crippen molar-refractivity contribution >= 4 is 95.6 Å². The van der Waals surface area contributed by atoms with Gasteiger partial charge in [-0.15, -0.1) is 0 Å². The molecule has 1 fully saturated rings. The van der Waals surface area contributed by atoms with E-state index in [9.17, 15) is 14.4 Å². The Morgan fingerprint density at radius 2 is 1.84 bits per heavy atom. The zero-order valence-electron chi connectivity index (χ0n) is 19.6. The van der Waals surface area contributed by atoms with E-state index < -0.39 is 23.6 Å². The maximum Gasteiger partial charge on any atom is 0.294 e. The fraction of sp³-hybridized carbons (Fsp3) is 0.115. The van der Waals surface area contributed by atoms with E-state index in [1.165, 1.54) is 7.11 Å². The summed E-state index contributed by atoms with van der Waals surface area (Å²) >= 11 is 19.8. The second-order valence-corrected chi connectivity index (χ2v) is 11.4. The lowest BCUT2D eigenvalue weighted by atomic mass is 10.1. The van der Waals surface area contributed by atoms with E-state index in [0.29, 0.717) is 41.7 Å². The molecule has 1 saturated heterocycles. The van der Waals surface area contributed by atoms with Crippen LogP contribution in [0.5, 0.6) is 11.5 Å². The molecule has 0 aliphatic carbocycles. The Bertz CT molecular complexity index is 1470. The molecular weight excluding hydrogens is 683 g/mol. The lowest BCUT2D eigenvalue weighted by molar-refractivity contribution is -0.127. The monoisotopic (exact) mass is 698 g/mol. The number of hydrogen-bond donors (Lipinski definition) is 1. The summed E-state index contributed by atoms with van der Waals surface area (Å²) < 4.78 is 12.7. The Morgan fingerprint density at radius 3 is 2.55 bits per heavy atom. The molecule has 4 rings (SSSR count). The summed E-state index contributed by atoms with van der Waals surface area (Å²) in [5, 5.41) is 3.16. The third-order valence-corrected chi connectivity index (χ3v) is 8.03. The number of methoxy groups -OCH3 is 1. The molecule has 1 aliphatic heterocycles. The standard InChI is InChI=1S/C26H18Br2Cl2N2O5S/c1-36-21-9-14(8-18(28)24(21)37-13-15-6-7-16(29)11-19(15)30)10-22-25(34)32(26(35)38-22)12-23(33)31-20-5-3-2-4-17(20)27/h2-11H,12-13H2,1H3,(H,31,33)/b22-10+. The highest BCUT2D eigenvalue weighted by molar-refractivity contribution is 9.11. The summed E-state index contributed by atoms with van der Waals surface area (Å²) in [6.07, 6.45) is 1.56. The van der Waals surface area contributed by atoms with Crippen LogP contribution < -0.4 is 14.8 Å². The van der Waals surface area contributed by atoms with Crippen molar-refractivity contribution in [2.75, 3.05) is 19.0 Å². The van der Waals surface area contributed by atoms with Crippen LogP contribution in [-0.2, 0) is 16.2 Å². The van der Waals surface area contributed by atoms with E-state index in [-0.39, 0.29) is 11.5 Å². The van der Waals surface area contributed by atoms with Crippen LogP contribution in [0.4, 0.5) is 10.5 Å². The van der Waals surface area contributed by atoms with Gasteiger partial charge in [-0.05, 0) is 91.7 Å². The first-order valence-corrected chi connectivity index (χ1v) is 14.1. The lowest BCUT2D eigenvalue weighted by Crippen LogP contribution is -2.36. The van der Waals surface area contributed by atoms with Gasteiger partial charge in [0.1, 0.15) is 13.2 Å². The number of hydrogen-bond acceptors (Lipinski definition) is 6. The molecule has 3 amide bonds. The number of benzene rings is 3. The van der Waals surface area contributed by atoms with Crippen molar-refractivity contribution in [1.82, 2.24) is 4.90 Å². The second kappa shape index (κ2) is 12.6. The molecule has 38 heavy (non-hydrogen) atoms. The largest absolute Gasteiger partial charge is 0.493 e. The summed E-state index contributed by atoms with van der Waals surface area (Å²) in [5.41, 5.74) is 1.87. The number of para-hydroxylation sites is 1. The van der Waals surface area contributed by atoms with Gasteiger partial charge in [-0.2, -0.15) is 0 Å². The van der Waals surface area contributed by atoms with Crippen LogP contribution in [0.2, 0.25) is 10.0 Å². The quantitative estimate of drug-likeness (QED) is 0.242. The summed E-state index contributed by atoms with van der Waals surface area (Å²) in [4.78, 5) is 39.0. The molecule has 3 aromatic rings. The number of thioether (sulfide) groups is 1. The van der Waals surface area contributed by atoms with Crippen molar-refractivity contribution in [2.24, 2.45) is 0 Å². The van der Waals surface area contributed by atoms with Gasteiger partial charge >= 0.3 is 0 Å². The normalized spacial score (nSPS) is 14.2. The first-order valence-electron chi connectivity index (χ1n) is 10.9. The molecule has 1 aliphatic rings. The molecule has 1 heterocycles. The number of nitrogens with zero attached hydrogens (tertiary/aromatic N) is 1. The van der Waals surface area contributed by atoms with Gasteiger partial charge in [-0.3, -0.25) is 19.3 Å². The lowest BCUT2D eigenvalue weighted by Gasteiger charge is -2.14. The van der Waals surface area contributed by atoms with Crippen LogP contribution in [-0.4, -0.2) is 35.6 Å². The number of anilines is 1. The Labute approximate surface area is 249 Å². The Morgan fingerprint density at radius 1 is 1.08 bits per heavy atom. The third kappa shape index (κ3) is 6.73. The van der Waals surface area contributed by atoms with Crippen LogP contribution in [0.25, 0.3) is 6.08 Å². The predicted octanol–water partition coefficient (Wildman–Crippen LogP) is 7.78. The van der Waals surface area contributed by atoms with Crippen LogP contribution in [0.3, 0.4) is 0 Å². The van der Waals surface area contributed by atoms with Crippen molar-refractivity contribution in [3.63, 3.8) is 0 Å². The van der Waals surface area contributed by atoms with Crippen molar-refractivity contribution in [3.8, 4) is 11.5 Å². The maximum absolute atomic E-state index is 12.9. The maximum atomic E-state index is 12.9. The highest BCUT2D eigenvalue weighted by Gasteiger charge is 2.36. The minimum atomic E-state index is -0.560. The number of carbonyl (C=O) groups is 3. The van der Waals surface area contributed by atoms with E-state index in [0.717, 1.165) is 22.2 Å². The minimum absolute atomic E-state index is 0.171. The SMILES string of the molecule is COc1cc(/C=C2/SC(=O)N(CC(=O)Nc3ccccc3Br)C2=O)cc(Br)c1OCc1ccc(Cl)cc1Cl. The van der Waals surface area contributed by atoms with E-state index in [1.54, 1.807) is 54.6 Å². The molecule has 0 spiro atoms. The summed E-state index contributed by atoms with van der Waals surface area (Å²) in [5.74, 6) is -0.211. The zero-order chi connectivity index (χ0) is 27.4. The smallest absolute Gasteiger partial charge is 0.294 e. The average molecular weight is 701 g/mol. The minimum Gasteiger partial charge on any atom is -0.493 e. The molecule has 1 N–H and O–H groups in total. The van der Waals surface area contributed by atoms with E-state index in [2.05, 4.69) is 37.2 Å². The second-order valence-electron chi connectivity index (χ2n) is 7.85. The Balaban J connectivity index is 1.48.